The van der Waals surface area contributed by atoms with Crippen LogP contribution in [0.5, 0.6) is 0 Å². The van der Waals surface area contributed by atoms with Crippen molar-refractivity contribution in [3.8, 4) is 0 Å². The van der Waals surface area contributed by atoms with E-state index in [0.717, 1.165) is 36.0 Å². The van der Waals surface area contributed by atoms with Crippen molar-refractivity contribution in [3.05, 3.63) is 70.0 Å². The monoisotopic (exact) mass is 384 g/mol. The molecule has 0 N–H and O–H groups in total. The van der Waals surface area contributed by atoms with Crippen LogP contribution in [-0.4, -0.2) is 0 Å². The van der Waals surface area contributed by atoms with Crippen molar-refractivity contribution in [2.24, 2.45) is 5.92 Å². The lowest BCUT2D eigenvalue weighted by Crippen LogP contribution is -2.13. The van der Waals surface area contributed by atoms with Gasteiger partial charge < -0.3 is 0 Å². The average molecular weight is 384 g/mol. The Bertz CT molecular complexity index is 889. The Morgan fingerprint density at radius 2 is 1.68 bits per heavy atom. The van der Waals surface area contributed by atoms with E-state index in [1.165, 1.54) is 25.7 Å². The van der Waals surface area contributed by atoms with Crippen LogP contribution in [0.15, 0.2) is 30.3 Å². The second-order valence-corrected chi connectivity index (χ2v) is 8.34. The summed E-state index contributed by atoms with van der Waals surface area (Å²) in [4.78, 5) is 0. The highest BCUT2D eigenvalue weighted by Crippen LogP contribution is 2.39. The molecule has 0 aromatic heterocycles. The molecule has 0 spiro atoms. The third kappa shape index (κ3) is 3.76. The summed E-state index contributed by atoms with van der Waals surface area (Å²) < 4.78 is 42.3. The number of rotatable bonds is 4. The van der Waals surface area contributed by atoms with E-state index in [-0.39, 0.29) is 5.82 Å². The molecule has 2 aromatic rings. The van der Waals surface area contributed by atoms with E-state index in [0.29, 0.717) is 35.4 Å². The molecule has 0 saturated heterocycles. The van der Waals surface area contributed by atoms with Crippen molar-refractivity contribution in [2.75, 3.05) is 0 Å². The molecule has 0 aliphatic heterocycles. The maximum atomic E-state index is 14.9. The highest BCUT2D eigenvalue weighted by atomic mass is 19.2. The maximum absolute atomic E-state index is 14.9. The molecule has 28 heavy (non-hydrogen) atoms. The predicted octanol–water partition coefficient (Wildman–Crippen LogP) is 7.66. The van der Waals surface area contributed by atoms with Gasteiger partial charge in [0.1, 0.15) is 5.82 Å². The van der Waals surface area contributed by atoms with Crippen LogP contribution in [-0.2, 0) is 6.42 Å². The summed E-state index contributed by atoms with van der Waals surface area (Å²) in [5.41, 5.74) is 3.58. The van der Waals surface area contributed by atoms with Crippen LogP contribution in [0.1, 0.15) is 80.0 Å². The van der Waals surface area contributed by atoms with Gasteiger partial charge in [-0.05, 0) is 84.8 Å². The summed E-state index contributed by atoms with van der Waals surface area (Å²) in [7, 11) is 0. The molecule has 0 heterocycles. The fraction of sp³-hybridized carbons (Fsp3) is 0.440. The Morgan fingerprint density at radius 1 is 0.893 bits per heavy atom. The van der Waals surface area contributed by atoms with E-state index in [4.69, 9.17) is 0 Å². The number of benzene rings is 2. The Balaban J connectivity index is 1.54. The molecule has 1 saturated carbocycles. The molecule has 0 bridgehead atoms. The van der Waals surface area contributed by atoms with Crippen LogP contribution in [0.25, 0.3) is 11.6 Å². The van der Waals surface area contributed by atoms with Gasteiger partial charge in [-0.2, -0.15) is 0 Å². The van der Waals surface area contributed by atoms with Crippen molar-refractivity contribution in [1.29, 1.82) is 0 Å². The number of hydrogen-bond donors (Lipinski definition) is 0. The molecule has 0 radical (unpaired) electrons. The molecule has 2 aromatic carbocycles. The van der Waals surface area contributed by atoms with Gasteiger partial charge in [0, 0.05) is 5.56 Å². The number of fused-ring (bicyclic) bond motifs is 1. The Morgan fingerprint density at radius 3 is 2.39 bits per heavy atom. The van der Waals surface area contributed by atoms with E-state index in [1.807, 2.05) is 6.07 Å². The van der Waals surface area contributed by atoms with Crippen LogP contribution in [0.2, 0.25) is 0 Å². The fourth-order valence-electron chi connectivity index (χ4n) is 4.97. The lowest BCUT2D eigenvalue weighted by atomic mass is 9.77. The average Bonchev–Trinajstić information content (AvgIpc) is 2.71. The topological polar surface area (TPSA) is 0 Å². The van der Waals surface area contributed by atoms with Gasteiger partial charge >= 0.3 is 0 Å². The Kier molecular flexibility index (Phi) is 5.61. The van der Waals surface area contributed by atoms with Crippen molar-refractivity contribution in [3.63, 3.8) is 0 Å². The third-order valence-electron chi connectivity index (χ3n) is 6.56. The second kappa shape index (κ2) is 8.14. The summed E-state index contributed by atoms with van der Waals surface area (Å²) in [6, 6.07) is 8.35. The van der Waals surface area contributed by atoms with Crippen molar-refractivity contribution >= 4 is 11.6 Å². The fourth-order valence-corrected chi connectivity index (χ4v) is 4.97. The van der Waals surface area contributed by atoms with Gasteiger partial charge in [0.2, 0.25) is 0 Å². The first-order valence-electron chi connectivity index (χ1n) is 10.5. The molecule has 4 rings (SSSR count). The highest BCUT2D eigenvalue weighted by Gasteiger charge is 2.24. The van der Waals surface area contributed by atoms with Crippen LogP contribution in [0, 0.1) is 23.4 Å². The van der Waals surface area contributed by atoms with E-state index < -0.39 is 11.6 Å². The predicted molar refractivity (Wildman–Crippen MR) is 109 cm³/mol. The SMILES string of the molecule is CCCC1CCC(c2ccc(C3=Cc4ccc(F)c(F)c4CC3)c(F)c2)CC1. The van der Waals surface area contributed by atoms with Crippen molar-refractivity contribution in [2.45, 2.75) is 64.2 Å². The summed E-state index contributed by atoms with van der Waals surface area (Å²) in [5, 5.41) is 0. The van der Waals surface area contributed by atoms with Crippen molar-refractivity contribution < 1.29 is 13.2 Å². The molecule has 3 heteroatoms. The number of allylic oxidation sites excluding steroid dienone is 1. The lowest BCUT2D eigenvalue weighted by Gasteiger charge is -2.29. The number of halogens is 3. The maximum Gasteiger partial charge on any atom is 0.162 e. The first-order chi connectivity index (χ1) is 13.6. The molecular formula is C25H27F3. The summed E-state index contributed by atoms with van der Waals surface area (Å²) >= 11 is 0. The minimum absolute atomic E-state index is 0.203. The molecule has 1 fully saturated rings. The molecule has 148 valence electrons. The molecule has 2 aliphatic rings. The van der Waals surface area contributed by atoms with Crippen LogP contribution in [0.4, 0.5) is 13.2 Å². The van der Waals surface area contributed by atoms with Gasteiger partial charge in [-0.1, -0.05) is 44.0 Å². The van der Waals surface area contributed by atoms with E-state index >= 15 is 0 Å². The van der Waals surface area contributed by atoms with Gasteiger partial charge in [0.15, 0.2) is 11.6 Å². The quantitative estimate of drug-likeness (QED) is 0.507. The lowest BCUT2D eigenvalue weighted by molar-refractivity contribution is 0.308. The molecular weight excluding hydrogens is 357 g/mol. The molecule has 0 unspecified atom stereocenters. The van der Waals surface area contributed by atoms with Gasteiger partial charge in [-0.25, -0.2) is 13.2 Å². The molecule has 0 nitrogen and oxygen atoms in total. The van der Waals surface area contributed by atoms with E-state index in [9.17, 15) is 13.2 Å². The third-order valence-corrected chi connectivity index (χ3v) is 6.56. The zero-order valence-electron chi connectivity index (χ0n) is 16.4. The van der Waals surface area contributed by atoms with Crippen molar-refractivity contribution in [1.82, 2.24) is 0 Å². The zero-order valence-corrected chi connectivity index (χ0v) is 16.4. The summed E-state index contributed by atoms with van der Waals surface area (Å²) in [6.07, 6.45) is 10.0. The summed E-state index contributed by atoms with van der Waals surface area (Å²) in [5.74, 6) is -0.509. The standard InChI is InChI=1S/C25H27F3/c1-2-3-16-4-6-17(7-5-16)18-8-11-21(24(27)15-18)19-9-12-22-20(14-19)10-13-23(26)25(22)28/h8,10-11,13-17H,2-7,9,12H2,1H3. The first-order valence-corrected chi connectivity index (χ1v) is 10.5. The molecule has 0 atom stereocenters. The van der Waals surface area contributed by atoms with Gasteiger partial charge in [0.05, 0.1) is 0 Å². The number of hydrogen-bond acceptors (Lipinski definition) is 0. The smallest absolute Gasteiger partial charge is 0.162 e. The van der Waals surface area contributed by atoms with Crippen LogP contribution >= 0.6 is 0 Å². The Hall–Kier alpha value is -2.03. The first kappa shape index (κ1) is 19.3. The second-order valence-electron chi connectivity index (χ2n) is 8.34. The van der Waals surface area contributed by atoms with E-state index in [1.54, 1.807) is 18.2 Å². The van der Waals surface area contributed by atoms with E-state index in [2.05, 4.69) is 13.0 Å². The van der Waals surface area contributed by atoms with Gasteiger partial charge in [-0.3, -0.25) is 0 Å². The molecule has 0 amide bonds. The van der Waals surface area contributed by atoms with Crippen LogP contribution in [0.3, 0.4) is 0 Å². The molecule has 2 aliphatic carbocycles. The zero-order chi connectivity index (χ0) is 19.7. The Labute approximate surface area is 165 Å². The van der Waals surface area contributed by atoms with Crippen LogP contribution < -0.4 is 0 Å². The largest absolute Gasteiger partial charge is 0.206 e. The highest BCUT2D eigenvalue weighted by molar-refractivity contribution is 5.84. The summed E-state index contributed by atoms with van der Waals surface area (Å²) in [6.45, 7) is 2.24. The minimum atomic E-state index is -0.820. The van der Waals surface area contributed by atoms with Gasteiger partial charge in [-0.15, -0.1) is 0 Å². The minimum Gasteiger partial charge on any atom is -0.206 e. The normalized spacial score (nSPS) is 21.9. The van der Waals surface area contributed by atoms with Gasteiger partial charge in [0.25, 0.3) is 0 Å².